The molecule has 1 amide bonds. The number of benzene rings is 1. The second-order valence-electron chi connectivity index (χ2n) is 5.70. The average Bonchev–Trinajstić information content (AvgIpc) is 2.51. The van der Waals surface area contributed by atoms with Crippen LogP contribution >= 0.6 is 0 Å². The minimum absolute atomic E-state index is 0.0232. The van der Waals surface area contributed by atoms with E-state index < -0.39 is 10.0 Å². The van der Waals surface area contributed by atoms with Gasteiger partial charge in [-0.25, -0.2) is 13.1 Å². The number of rotatable bonds is 9. The predicted octanol–water partition coefficient (Wildman–Crippen LogP) is 2.16. The molecule has 0 unspecified atom stereocenters. The molecule has 0 saturated carbocycles. The number of ether oxygens (including phenoxy) is 1. The molecule has 2 N–H and O–H groups in total. The van der Waals surface area contributed by atoms with Crippen LogP contribution in [-0.2, 0) is 10.0 Å². The van der Waals surface area contributed by atoms with Gasteiger partial charge in [0.25, 0.3) is 5.91 Å². The van der Waals surface area contributed by atoms with Crippen LogP contribution in [0.4, 0.5) is 0 Å². The van der Waals surface area contributed by atoms with Gasteiger partial charge in [0.1, 0.15) is 10.6 Å². The van der Waals surface area contributed by atoms with Gasteiger partial charge in [-0.15, -0.1) is 0 Å². The van der Waals surface area contributed by atoms with Crippen LogP contribution in [0.1, 0.15) is 44.0 Å². The van der Waals surface area contributed by atoms with E-state index in [2.05, 4.69) is 23.9 Å². The van der Waals surface area contributed by atoms with Crippen molar-refractivity contribution in [1.82, 2.24) is 10.0 Å². The molecule has 0 saturated heterocycles. The first-order chi connectivity index (χ1) is 10.8. The van der Waals surface area contributed by atoms with E-state index in [1.54, 1.807) is 6.07 Å². The number of hydrogen-bond donors (Lipinski definition) is 2. The van der Waals surface area contributed by atoms with Crippen molar-refractivity contribution in [3.05, 3.63) is 23.8 Å². The molecule has 0 heterocycles. The van der Waals surface area contributed by atoms with Gasteiger partial charge in [0.2, 0.25) is 10.0 Å². The van der Waals surface area contributed by atoms with Gasteiger partial charge < -0.3 is 10.1 Å². The van der Waals surface area contributed by atoms with Crippen molar-refractivity contribution in [2.24, 2.45) is 5.92 Å². The van der Waals surface area contributed by atoms with Gasteiger partial charge in [-0.3, -0.25) is 4.79 Å². The fourth-order valence-corrected chi connectivity index (χ4v) is 3.25. The van der Waals surface area contributed by atoms with Crippen LogP contribution in [-0.4, -0.2) is 34.5 Å². The molecule has 23 heavy (non-hydrogen) atoms. The summed E-state index contributed by atoms with van der Waals surface area (Å²) >= 11 is 0. The lowest BCUT2D eigenvalue weighted by atomic mass is 10.1. The number of hydrogen-bond acceptors (Lipinski definition) is 4. The number of amides is 1. The summed E-state index contributed by atoms with van der Waals surface area (Å²) in [6.45, 7) is 6.90. The number of carbonyl (C=O) groups is 1. The van der Waals surface area contributed by atoms with Crippen molar-refractivity contribution in [2.45, 2.75) is 38.5 Å². The molecule has 6 nitrogen and oxygen atoms in total. The fourth-order valence-electron chi connectivity index (χ4n) is 1.92. The Morgan fingerprint density at radius 1 is 1.26 bits per heavy atom. The molecule has 0 aromatic heterocycles. The number of nitrogens with one attached hydrogen (secondary N) is 2. The first-order valence-corrected chi connectivity index (χ1v) is 9.26. The van der Waals surface area contributed by atoms with Crippen LogP contribution in [0.15, 0.2) is 23.1 Å². The zero-order valence-corrected chi connectivity index (χ0v) is 15.0. The summed E-state index contributed by atoms with van der Waals surface area (Å²) in [4.78, 5) is 12.1. The molecule has 1 rings (SSSR count). The van der Waals surface area contributed by atoms with E-state index in [0.29, 0.717) is 31.0 Å². The Labute approximate surface area is 138 Å². The number of methoxy groups -OCH3 is 1. The van der Waals surface area contributed by atoms with Crippen LogP contribution in [0.3, 0.4) is 0 Å². The molecule has 0 radical (unpaired) electrons. The molecule has 0 atom stereocenters. The lowest BCUT2D eigenvalue weighted by Crippen LogP contribution is -2.27. The Morgan fingerprint density at radius 3 is 2.52 bits per heavy atom. The van der Waals surface area contributed by atoms with Gasteiger partial charge in [-0.05, 0) is 37.0 Å². The molecule has 1 aromatic carbocycles. The molecular weight excluding hydrogens is 316 g/mol. The minimum Gasteiger partial charge on any atom is -0.495 e. The Kier molecular flexibility index (Phi) is 7.51. The van der Waals surface area contributed by atoms with E-state index in [-0.39, 0.29) is 16.6 Å². The molecule has 7 heteroatoms. The van der Waals surface area contributed by atoms with Crippen molar-refractivity contribution in [2.75, 3.05) is 20.2 Å². The standard InChI is InChI=1S/C16H26N2O4S/c1-5-9-18-23(20,21)15-11-13(6-7-14(15)22-4)16(19)17-10-8-12(2)3/h6-7,11-12,18H,5,8-10H2,1-4H3,(H,17,19). The maximum Gasteiger partial charge on any atom is 0.251 e. The molecule has 1 aromatic rings. The summed E-state index contributed by atoms with van der Waals surface area (Å²) < 4.78 is 32.2. The summed E-state index contributed by atoms with van der Waals surface area (Å²) in [7, 11) is -2.31. The first kappa shape index (κ1) is 19.4. The van der Waals surface area contributed by atoms with Crippen LogP contribution < -0.4 is 14.8 Å². The fraction of sp³-hybridized carbons (Fsp3) is 0.562. The van der Waals surface area contributed by atoms with E-state index in [1.807, 2.05) is 6.92 Å². The topological polar surface area (TPSA) is 84.5 Å². The van der Waals surface area contributed by atoms with Crippen LogP contribution in [0.25, 0.3) is 0 Å². The maximum absolute atomic E-state index is 12.3. The zero-order chi connectivity index (χ0) is 17.5. The number of carbonyl (C=O) groups excluding carboxylic acids is 1. The Bertz CT molecular complexity index is 627. The highest BCUT2D eigenvalue weighted by molar-refractivity contribution is 7.89. The van der Waals surface area contributed by atoms with Gasteiger partial charge in [0, 0.05) is 18.7 Å². The van der Waals surface area contributed by atoms with E-state index in [4.69, 9.17) is 4.74 Å². The SMILES string of the molecule is CCCNS(=O)(=O)c1cc(C(=O)NCCC(C)C)ccc1OC. The van der Waals surface area contributed by atoms with Gasteiger partial charge in [0.15, 0.2) is 0 Å². The molecule has 0 aliphatic carbocycles. The highest BCUT2D eigenvalue weighted by Crippen LogP contribution is 2.24. The molecule has 0 spiro atoms. The van der Waals surface area contributed by atoms with Crippen molar-refractivity contribution < 1.29 is 17.9 Å². The second-order valence-corrected chi connectivity index (χ2v) is 7.44. The lowest BCUT2D eigenvalue weighted by Gasteiger charge is -2.12. The maximum atomic E-state index is 12.3. The molecule has 0 aliphatic heterocycles. The molecule has 0 aliphatic rings. The summed E-state index contributed by atoms with van der Waals surface area (Å²) in [5.74, 6) is 0.410. The van der Waals surface area contributed by atoms with Crippen molar-refractivity contribution in [3.8, 4) is 5.75 Å². The Morgan fingerprint density at radius 2 is 1.96 bits per heavy atom. The van der Waals surface area contributed by atoms with Gasteiger partial charge >= 0.3 is 0 Å². The molecular formula is C16H26N2O4S. The zero-order valence-electron chi connectivity index (χ0n) is 14.2. The first-order valence-electron chi connectivity index (χ1n) is 7.77. The second kappa shape index (κ2) is 8.88. The van der Waals surface area contributed by atoms with E-state index in [1.165, 1.54) is 19.2 Å². The normalized spacial score (nSPS) is 11.5. The average molecular weight is 342 g/mol. The largest absolute Gasteiger partial charge is 0.495 e. The van der Waals surface area contributed by atoms with Crippen LogP contribution in [0, 0.1) is 5.92 Å². The third-order valence-corrected chi connectivity index (χ3v) is 4.75. The Hall–Kier alpha value is -1.60. The molecule has 0 fully saturated rings. The van der Waals surface area contributed by atoms with Crippen LogP contribution in [0.5, 0.6) is 5.75 Å². The van der Waals surface area contributed by atoms with Gasteiger partial charge in [-0.2, -0.15) is 0 Å². The summed E-state index contributed by atoms with van der Waals surface area (Å²) in [5, 5.41) is 2.79. The monoisotopic (exact) mass is 342 g/mol. The third kappa shape index (κ3) is 5.84. The van der Waals surface area contributed by atoms with Crippen molar-refractivity contribution in [1.29, 1.82) is 0 Å². The minimum atomic E-state index is -3.71. The van der Waals surface area contributed by atoms with E-state index >= 15 is 0 Å². The molecule has 0 bridgehead atoms. The van der Waals surface area contributed by atoms with Crippen molar-refractivity contribution in [3.63, 3.8) is 0 Å². The number of sulfonamides is 1. The summed E-state index contributed by atoms with van der Waals surface area (Å²) in [6.07, 6.45) is 1.54. The highest BCUT2D eigenvalue weighted by atomic mass is 32.2. The van der Waals surface area contributed by atoms with E-state index in [9.17, 15) is 13.2 Å². The van der Waals surface area contributed by atoms with Gasteiger partial charge in [-0.1, -0.05) is 20.8 Å². The van der Waals surface area contributed by atoms with Gasteiger partial charge in [0.05, 0.1) is 7.11 Å². The summed E-state index contributed by atoms with van der Waals surface area (Å²) in [6, 6.07) is 4.40. The quantitative estimate of drug-likeness (QED) is 0.720. The summed E-state index contributed by atoms with van der Waals surface area (Å²) in [5.41, 5.74) is 0.298. The van der Waals surface area contributed by atoms with E-state index in [0.717, 1.165) is 6.42 Å². The smallest absolute Gasteiger partial charge is 0.251 e. The predicted molar refractivity (Wildman–Crippen MR) is 90.3 cm³/mol. The van der Waals surface area contributed by atoms with Crippen LogP contribution in [0.2, 0.25) is 0 Å². The Balaban J connectivity index is 3.00. The third-order valence-electron chi connectivity index (χ3n) is 3.26. The lowest BCUT2D eigenvalue weighted by molar-refractivity contribution is 0.0951. The van der Waals surface area contributed by atoms with Crippen molar-refractivity contribution >= 4 is 15.9 Å². The molecule has 130 valence electrons. The highest BCUT2D eigenvalue weighted by Gasteiger charge is 2.21.